The fraction of sp³-hybridized carbons (Fsp3) is 0.0588. The van der Waals surface area contributed by atoms with Crippen LogP contribution >= 0.6 is 11.3 Å². The fourth-order valence-corrected chi connectivity index (χ4v) is 2.83. The molecule has 3 nitrogen and oxygen atoms in total. The zero-order valence-electron chi connectivity index (χ0n) is 11.5. The number of benzene rings is 2. The van der Waals surface area contributed by atoms with Crippen LogP contribution in [0.1, 0.15) is 15.9 Å². The quantitative estimate of drug-likeness (QED) is 0.737. The third-order valence-corrected chi connectivity index (χ3v) is 4.06. The fourth-order valence-electron chi connectivity index (χ4n) is 2.16. The summed E-state index contributed by atoms with van der Waals surface area (Å²) in [5, 5.41) is 5.82. The van der Waals surface area contributed by atoms with Crippen LogP contribution in [-0.2, 0) is 0 Å². The van der Waals surface area contributed by atoms with Gasteiger partial charge in [0.05, 0.1) is 5.69 Å². The first-order chi connectivity index (χ1) is 10.3. The van der Waals surface area contributed by atoms with Gasteiger partial charge >= 0.3 is 0 Å². The Morgan fingerprint density at radius 1 is 1.05 bits per heavy atom. The van der Waals surface area contributed by atoms with Crippen LogP contribution in [-0.4, -0.2) is 17.8 Å². The molecular weight excluding hydrogens is 280 g/mol. The molecule has 0 saturated carbocycles. The second-order valence-electron chi connectivity index (χ2n) is 4.53. The van der Waals surface area contributed by atoms with Gasteiger partial charge in [-0.15, -0.1) is 11.3 Å². The Kier molecular flexibility index (Phi) is 3.79. The van der Waals surface area contributed by atoms with Crippen LogP contribution in [0.25, 0.3) is 11.3 Å². The number of hydrogen-bond acceptors (Lipinski definition) is 4. The molecule has 1 heterocycles. The lowest BCUT2D eigenvalue weighted by Crippen LogP contribution is -2.03. The van der Waals surface area contributed by atoms with Crippen LogP contribution in [0.2, 0.25) is 0 Å². The zero-order valence-corrected chi connectivity index (χ0v) is 12.4. The van der Waals surface area contributed by atoms with Crippen molar-refractivity contribution in [1.82, 2.24) is 4.98 Å². The third-order valence-electron chi connectivity index (χ3n) is 3.20. The first kappa shape index (κ1) is 13.5. The van der Waals surface area contributed by atoms with E-state index < -0.39 is 0 Å². The molecule has 0 bridgehead atoms. The van der Waals surface area contributed by atoms with Gasteiger partial charge in [-0.2, -0.15) is 0 Å². The van der Waals surface area contributed by atoms with E-state index in [4.69, 9.17) is 0 Å². The number of thiazole rings is 1. The van der Waals surface area contributed by atoms with Crippen molar-refractivity contribution >= 4 is 22.3 Å². The van der Waals surface area contributed by atoms with Crippen LogP contribution in [0.5, 0.6) is 0 Å². The highest BCUT2D eigenvalue weighted by molar-refractivity contribution is 7.14. The highest BCUT2D eigenvalue weighted by Crippen LogP contribution is 2.28. The Labute approximate surface area is 127 Å². The van der Waals surface area contributed by atoms with Gasteiger partial charge in [-0.05, 0) is 0 Å². The number of carbonyl (C=O) groups is 1. The maximum atomic E-state index is 12.7. The SMILES string of the molecule is CNc1nc(-c2ccccc2C(=O)c2ccccc2)cs1. The number of aromatic nitrogens is 1. The molecule has 0 spiro atoms. The molecule has 3 aromatic rings. The monoisotopic (exact) mass is 294 g/mol. The van der Waals surface area contributed by atoms with Crippen LogP contribution in [0.15, 0.2) is 60.0 Å². The molecule has 104 valence electrons. The second-order valence-corrected chi connectivity index (χ2v) is 5.39. The highest BCUT2D eigenvalue weighted by atomic mass is 32.1. The third kappa shape index (κ3) is 2.71. The Balaban J connectivity index is 2.06. The molecule has 0 saturated heterocycles. The van der Waals surface area contributed by atoms with E-state index in [0.717, 1.165) is 16.4 Å². The number of nitrogens with zero attached hydrogens (tertiary/aromatic N) is 1. The van der Waals surface area contributed by atoms with Crippen molar-refractivity contribution in [3.63, 3.8) is 0 Å². The van der Waals surface area contributed by atoms with Crippen LogP contribution in [0.3, 0.4) is 0 Å². The molecule has 3 rings (SSSR count). The average molecular weight is 294 g/mol. The van der Waals surface area contributed by atoms with Gasteiger partial charge in [0.2, 0.25) is 0 Å². The van der Waals surface area contributed by atoms with E-state index >= 15 is 0 Å². The van der Waals surface area contributed by atoms with E-state index in [1.165, 1.54) is 11.3 Å². The Morgan fingerprint density at radius 2 is 1.76 bits per heavy atom. The van der Waals surface area contributed by atoms with E-state index in [1.807, 2.05) is 67.0 Å². The predicted molar refractivity (Wildman–Crippen MR) is 87.0 cm³/mol. The summed E-state index contributed by atoms with van der Waals surface area (Å²) >= 11 is 1.53. The smallest absolute Gasteiger partial charge is 0.193 e. The van der Waals surface area contributed by atoms with Crippen molar-refractivity contribution in [2.45, 2.75) is 0 Å². The lowest BCUT2D eigenvalue weighted by molar-refractivity contribution is 0.103. The van der Waals surface area contributed by atoms with Crippen molar-refractivity contribution < 1.29 is 4.79 Å². The summed E-state index contributed by atoms with van der Waals surface area (Å²) < 4.78 is 0. The molecule has 21 heavy (non-hydrogen) atoms. The molecule has 1 N–H and O–H groups in total. The number of nitrogens with one attached hydrogen (secondary N) is 1. The Morgan fingerprint density at radius 3 is 2.48 bits per heavy atom. The van der Waals surface area contributed by atoms with Gasteiger partial charge in [0.1, 0.15) is 0 Å². The first-order valence-electron chi connectivity index (χ1n) is 6.62. The topological polar surface area (TPSA) is 42.0 Å². The summed E-state index contributed by atoms with van der Waals surface area (Å²) in [6, 6.07) is 16.9. The first-order valence-corrected chi connectivity index (χ1v) is 7.50. The van der Waals surface area contributed by atoms with Crippen LogP contribution in [0.4, 0.5) is 5.13 Å². The second kappa shape index (κ2) is 5.89. The molecule has 0 aliphatic rings. The van der Waals surface area contributed by atoms with E-state index in [0.29, 0.717) is 11.1 Å². The molecule has 0 amide bonds. The molecule has 0 atom stereocenters. The Hall–Kier alpha value is -2.46. The number of hydrogen-bond donors (Lipinski definition) is 1. The minimum absolute atomic E-state index is 0.0187. The van der Waals surface area contributed by atoms with Gasteiger partial charge in [-0.1, -0.05) is 54.6 Å². The predicted octanol–water partition coefficient (Wildman–Crippen LogP) is 4.08. The van der Waals surface area contributed by atoms with Crippen molar-refractivity contribution in [3.8, 4) is 11.3 Å². The number of rotatable bonds is 4. The van der Waals surface area contributed by atoms with E-state index in [-0.39, 0.29) is 5.78 Å². The number of carbonyl (C=O) groups excluding carboxylic acids is 1. The van der Waals surface area contributed by atoms with Crippen LogP contribution < -0.4 is 5.32 Å². The summed E-state index contributed by atoms with van der Waals surface area (Å²) in [6.45, 7) is 0. The summed E-state index contributed by atoms with van der Waals surface area (Å²) in [5.41, 5.74) is 3.05. The number of anilines is 1. The average Bonchev–Trinajstić information content (AvgIpc) is 3.04. The van der Waals surface area contributed by atoms with E-state index in [1.54, 1.807) is 0 Å². The molecular formula is C17H14N2OS. The van der Waals surface area contributed by atoms with Gasteiger partial charge in [-0.25, -0.2) is 4.98 Å². The lowest BCUT2D eigenvalue weighted by Gasteiger charge is -2.06. The van der Waals surface area contributed by atoms with Gasteiger partial charge in [0.25, 0.3) is 0 Å². The number of ketones is 1. The Bertz CT molecular complexity index is 765. The lowest BCUT2D eigenvalue weighted by atomic mass is 9.97. The highest BCUT2D eigenvalue weighted by Gasteiger charge is 2.15. The maximum Gasteiger partial charge on any atom is 0.193 e. The molecule has 4 heteroatoms. The van der Waals surface area contributed by atoms with Gasteiger partial charge in [0, 0.05) is 29.1 Å². The summed E-state index contributed by atoms with van der Waals surface area (Å²) in [7, 11) is 1.84. The van der Waals surface area contributed by atoms with E-state index in [2.05, 4.69) is 10.3 Å². The molecule has 1 aromatic heterocycles. The largest absolute Gasteiger partial charge is 0.365 e. The summed E-state index contributed by atoms with van der Waals surface area (Å²) in [5.74, 6) is 0.0187. The maximum absolute atomic E-state index is 12.7. The van der Waals surface area contributed by atoms with Gasteiger partial charge in [0.15, 0.2) is 10.9 Å². The molecule has 0 unspecified atom stereocenters. The van der Waals surface area contributed by atoms with Crippen molar-refractivity contribution in [3.05, 3.63) is 71.1 Å². The normalized spacial score (nSPS) is 10.3. The molecule has 0 radical (unpaired) electrons. The zero-order chi connectivity index (χ0) is 14.7. The minimum atomic E-state index is 0.0187. The standard InChI is InChI=1S/C17H14N2OS/c1-18-17-19-15(11-21-17)13-9-5-6-10-14(13)16(20)12-7-3-2-4-8-12/h2-11H,1H3,(H,18,19). The summed E-state index contributed by atoms with van der Waals surface area (Å²) in [4.78, 5) is 17.2. The van der Waals surface area contributed by atoms with E-state index in [9.17, 15) is 4.79 Å². The van der Waals surface area contributed by atoms with Gasteiger partial charge in [-0.3, -0.25) is 4.79 Å². The molecule has 0 aliphatic heterocycles. The molecule has 2 aromatic carbocycles. The molecule has 0 aliphatic carbocycles. The van der Waals surface area contributed by atoms with Crippen molar-refractivity contribution in [1.29, 1.82) is 0 Å². The molecule has 0 fully saturated rings. The van der Waals surface area contributed by atoms with Crippen molar-refractivity contribution in [2.24, 2.45) is 0 Å². The summed E-state index contributed by atoms with van der Waals surface area (Å²) in [6.07, 6.45) is 0. The van der Waals surface area contributed by atoms with Gasteiger partial charge < -0.3 is 5.32 Å². The minimum Gasteiger partial charge on any atom is -0.365 e. The van der Waals surface area contributed by atoms with Crippen molar-refractivity contribution in [2.75, 3.05) is 12.4 Å². The van der Waals surface area contributed by atoms with Crippen LogP contribution in [0, 0.1) is 0 Å².